The first-order chi connectivity index (χ1) is 7.20. The van der Waals surface area contributed by atoms with Crippen LogP contribution in [0.2, 0.25) is 0 Å². The zero-order valence-electron chi connectivity index (χ0n) is 9.48. The van der Waals surface area contributed by atoms with Gasteiger partial charge in [-0.3, -0.25) is 4.79 Å². The molecular formula is C11H21N3O. The zero-order valence-corrected chi connectivity index (χ0v) is 9.48. The van der Waals surface area contributed by atoms with Crippen LogP contribution in [0, 0.1) is 11.8 Å². The van der Waals surface area contributed by atoms with Gasteiger partial charge in [0.2, 0.25) is 5.91 Å². The summed E-state index contributed by atoms with van der Waals surface area (Å²) in [5, 5.41) is 0. The lowest BCUT2D eigenvalue weighted by atomic mass is 9.93. The maximum atomic E-state index is 12.0. The highest BCUT2D eigenvalue weighted by atomic mass is 16.2. The van der Waals surface area contributed by atoms with Crippen molar-refractivity contribution in [3.63, 3.8) is 0 Å². The number of hydrogen-bond donors (Lipinski definition) is 1. The first-order valence-corrected chi connectivity index (χ1v) is 5.88. The fourth-order valence-electron chi connectivity index (χ4n) is 2.53. The molecule has 0 bridgehead atoms. The van der Waals surface area contributed by atoms with Gasteiger partial charge in [0.05, 0.1) is 5.92 Å². The van der Waals surface area contributed by atoms with E-state index in [2.05, 4.69) is 11.9 Å². The number of nitrogens with two attached hydrogens (primary N) is 1. The summed E-state index contributed by atoms with van der Waals surface area (Å²) in [6, 6.07) is 0. The van der Waals surface area contributed by atoms with Gasteiger partial charge in [0, 0.05) is 25.6 Å². The molecule has 0 aromatic heterocycles. The predicted molar refractivity (Wildman–Crippen MR) is 59.3 cm³/mol. The SMILES string of the molecule is CN1CCCC(C(=O)N2CC(CN)C2)C1. The second-order valence-electron chi connectivity index (χ2n) is 4.95. The third-order valence-electron chi connectivity index (χ3n) is 3.58. The first kappa shape index (κ1) is 10.9. The largest absolute Gasteiger partial charge is 0.342 e. The molecule has 0 radical (unpaired) electrons. The van der Waals surface area contributed by atoms with Gasteiger partial charge in [-0.2, -0.15) is 0 Å². The van der Waals surface area contributed by atoms with E-state index in [1.807, 2.05) is 4.90 Å². The number of nitrogens with zero attached hydrogens (tertiary/aromatic N) is 2. The van der Waals surface area contributed by atoms with Gasteiger partial charge in [0.1, 0.15) is 0 Å². The Morgan fingerprint density at radius 1 is 1.40 bits per heavy atom. The monoisotopic (exact) mass is 211 g/mol. The van der Waals surface area contributed by atoms with Gasteiger partial charge in [0.25, 0.3) is 0 Å². The molecule has 0 aromatic rings. The van der Waals surface area contributed by atoms with Crippen molar-refractivity contribution >= 4 is 5.91 Å². The van der Waals surface area contributed by atoms with Crippen LogP contribution in [0.5, 0.6) is 0 Å². The molecule has 0 spiro atoms. The quantitative estimate of drug-likeness (QED) is 0.685. The highest BCUT2D eigenvalue weighted by molar-refractivity contribution is 5.80. The topological polar surface area (TPSA) is 49.6 Å². The lowest BCUT2D eigenvalue weighted by molar-refractivity contribution is -0.143. The van der Waals surface area contributed by atoms with Crippen LogP contribution in [0.15, 0.2) is 0 Å². The van der Waals surface area contributed by atoms with Crippen LogP contribution in [0.4, 0.5) is 0 Å². The average Bonchev–Trinajstić information content (AvgIpc) is 2.16. The van der Waals surface area contributed by atoms with Crippen LogP contribution in [0.1, 0.15) is 12.8 Å². The molecule has 0 saturated carbocycles. The van der Waals surface area contributed by atoms with Crippen LogP contribution in [-0.2, 0) is 4.79 Å². The Balaban J connectivity index is 1.81. The van der Waals surface area contributed by atoms with Crippen molar-refractivity contribution < 1.29 is 4.79 Å². The normalized spacial score (nSPS) is 28.9. The Morgan fingerprint density at radius 2 is 2.13 bits per heavy atom. The summed E-state index contributed by atoms with van der Waals surface area (Å²) in [5.74, 6) is 1.14. The minimum absolute atomic E-state index is 0.238. The van der Waals surface area contributed by atoms with Gasteiger partial charge >= 0.3 is 0 Å². The Hall–Kier alpha value is -0.610. The molecule has 1 amide bonds. The van der Waals surface area contributed by atoms with E-state index in [9.17, 15) is 4.79 Å². The molecule has 4 nitrogen and oxygen atoms in total. The molecule has 86 valence electrons. The summed E-state index contributed by atoms with van der Waals surface area (Å²) < 4.78 is 0. The van der Waals surface area contributed by atoms with Crippen LogP contribution >= 0.6 is 0 Å². The fraction of sp³-hybridized carbons (Fsp3) is 0.909. The molecule has 1 atom stereocenters. The van der Waals surface area contributed by atoms with Gasteiger partial charge in [-0.05, 0) is 33.0 Å². The summed E-state index contributed by atoms with van der Waals surface area (Å²) in [7, 11) is 2.10. The van der Waals surface area contributed by atoms with Crippen molar-refractivity contribution in [2.45, 2.75) is 12.8 Å². The lowest BCUT2D eigenvalue weighted by Gasteiger charge is -2.42. The van der Waals surface area contributed by atoms with Gasteiger partial charge in [-0.15, -0.1) is 0 Å². The van der Waals surface area contributed by atoms with Gasteiger partial charge in [0.15, 0.2) is 0 Å². The summed E-state index contributed by atoms with van der Waals surface area (Å²) >= 11 is 0. The summed E-state index contributed by atoms with van der Waals surface area (Å²) in [6.45, 7) is 4.55. The second-order valence-corrected chi connectivity index (χ2v) is 4.95. The molecular weight excluding hydrogens is 190 g/mol. The Morgan fingerprint density at radius 3 is 2.73 bits per heavy atom. The van der Waals surface area contributed by atoms with E-state index in [-0.39, 0.29) is 5.92 Å². The predicted octanol–water partition coefficient (Wildman–Crippen LogP) is -0.255. The number of piperidine rings is 1. The number of amides is 1. The van der Waals surface area contributed by atoms with Crippen LogP contribution in [-0.4, -0.2) is 55.5 Å². The van der Waals surface area contributed by atoms with Crippen molar-refractivity contribution in [1.82, 2.24) is 9.80 Å². The molecule has 15 heavy (non-hydrogen) atoms. The first-order valence-electron chi connectivity index (χ1n) is 5.88. The molecule has 2 saturated heterocycles. The van der Waals surface area contributed by atoms with Crippen molar-refractivity contribution in [3.8, 4) is 0 Å². The third kappa shape index (κ3) is 2.32. The fourth-order valence-corrected chi connectivity index (χ4v) is 2.53. The van der Waals surface area contributed by atoms with E-state index in [0.29, 0.717) is 18.4 Å². The maximum Gasteiger partial charge on any atom is 0.226 e. The minimum Gasteiger partial charge on any atom is -0.342 e. The highest BCUT2D eigenvalue weighted by Gasteiger charge is 2.34. The van der Waals surface area contributed by atoms with E-state index in [0.717, 1.165) is 39.0 Å². The van der Waals surface area contributed by atoms with Gasteiger partial charge in [-0.1, -0.05) is 0 Å². The molecule has 0 aromatic carbocycles. The molecule has 2 rings (SSSR count). The molecule has 4 heteroatoms. The minimum atomic E-state index is 0.238. The van der Waals surface area contributed by atoms with E-state index in [1.54, 1.807) is 0 Å². The Kier molecular flexibility index (Phi) is 3.26. The standard InChI is InChI=1S/C11H21N3O/c1-13-4-2-3-10(8-13)11(15)14-6-9(5-12)7-14/h9-10H,2-8,12H2,1H3. The smallest absolute Gasteiger partial charge is 0.226 e. The molecule has 2 fully saturated rings. The molecule has 2 aliphatic heterocycles. The molecule has 2 N–H and O–H groups in total. The average molecular weight is 211 g/mol. The van der Waals surface area contributed by atoms with E-state index < -0.39 is 0 Å². The van der Waals surface area contributed by atoms with Gasteiger partial charge in [-0.25, -0.2) is 0 Å². The summed E-state index contributed by atoms with van der Waals surface area (Å²) in [4.78, 5) is 16.3. The molecule has 0 aliphatic carbocycles. The second kappa shape index (κ2) is 4.49. The number of carbonyl (C=O) groups is 1. The number of rotatable bonds is 2. The van der Waals surface area contributed by atoms with E-state index >= 15 is 0 Å². The number of hydrogen-bond acceptors (Lipinski definition) is 3. The van der Waals surface area contributed by atoms with Crippen molar-refractivity contribution in [2.24, 2.45) is 17.6 Å². The Labute approximate surface area is 91.4 Å². The van der Waals surface area contributed by atoms with Crippen molar-refractivity contribution in [2.75, 3.05) is 39.8 Å². The van der Waals surface area contributed by atoms with Gasteiger partial charge < -0.3 is 15.5 Å². The summed E-state index contributed by atoms with van der Waals surface area (Å²) in [5.41, 5.74) is 5.55. The Bertz CT molecular complexity index is 238. The number of carbonyl (C=O) groups excluding carboxylic acids is 1. The van der Waals surface area contributed by atoms with Crippen LogP contribution in [0.25, 0.3) is 0 Å². The molecule has 2 heterocycles. The molecule has 1 unspecified atom stereocenters. The maximum absolute atomic E-state index is 12.0. The zero-order chi connectivity index (χ0) is 10.8. The third-order valence-corrected chi connectivity index (χ3v) is 3.58. The number of likely N-dealkylation sites (tertiary alicyclic amines) is 2. The van der Waals surface area contributed by atoms with E-state index in [1.165, 1.54) is 0 Å². The highest BCUT2D eigenvalue weighted by Crippen LogP contribution is 2.22. The van der Waals surface area contributed by atoms with Crippen LogP contribution in [0.3, 0.4) is 0 Å². The summed E-state index contributed by atoms with van der Waals surface area (Å²) in [6.07, 6.45) is 2.22. The lowest BCUT2D eigenvalue weighted by Crippen LogP contribution is -2.55. The van der Waals surface area contributed by atoms with E-state index in [4.69, 9.17) is 5.73 Å². The molecule has 2 aliphatic rings. The van der Waals surface area contributed by atoms with Crippen molar-refractivity contribution in [3.05, 3.63) is 0 Å². The van der Waals surface area contributed by atoms with Crippen LogP contribution < -0.4 is 5.73 Å². The van der Waals surface area contributed by atoms with Crippen molar-refractivity contribution in [1.29, 1.82) is 0 Å².